The number of rotatable bonds is 4. The highest BCUT2D eigenvalue weighted by atomic mass is 79.9. The molecule has 1 unspecified atom stereocenters. The third-order valence-electron chi connectivity index (χ3n) is 2.44. The monoisotopic (exact) mass is 348 g/mol. The number of hydrogen-bond acceptors (Lipinski definition) is 2. The van der Waals surface area contributed by atoms with E-state index in [1.807, 2.05) is 13.8 Å². The molecule has 98 valence electrons. The van der Waals surface area contributed by atoms with Gasteiger partial charge in [0.25, 0.3) is 0 Å². The van der Waals surface area contributed by atoms with Gasteiger partial charge in [-0.3, -0.25) is 4.79 Å². The largest absolute Gasteiger partial charge is 0.393 e. The van der Waals surface area contributed by atoms with Crippen LogP contribution in [0.2, 0.25) is 5.02 Å². The third-order valence-corrected chi connectivity index (χ3v) is 3.91. The molecule has 0 heterocycles. The van der Waals surface area contributed by atoms with Crippen LogP contribution in [-0.2, 0) is 4.79 Å². The highest BCUT2D eigenvalue weighted by molar-refractivity contribution is 9.10. The average Bonchev–Trinajstić information content (AvgIpc) is 2.22. The van der Waals surface area contributed by atoms with Crippen LogP contribution in [0.25, 0.3) is 0 Å². The van der Waals surface area contributed by atoms with Gasteiger partial charge in [-0.2, -0.15) is 0 Å². The van der Waals surface area contributed by atoms with Gasteiger partial charge < -0.3 is 11.1 Å². The Labute approximate surface area is 125 Å². The first-order valence-electron chi connectivity index (χ1n) is 5.38. The lowest BCUT2D eigenvalue weighted by Crippen LogP contribution is -2.36. The van der Waals surface area contributed by atoms with Gasteiger partial charge >= 0.3 is 0 Å². The molecule has 0 aliphatic heterocycles. The molecule has 0 spiro atoms. The van der Waals surface area contributed by atoms with Gasteiger partial charge in [-0.1, -0.05) is 37.7 Å². The highest BCUT2D eigenvalue weighted by Crippen LogP contribution is 2.26. The van der Waals surface area contributed by atoms with E-state index in [2.05, 4.69) is 21.2 Å². The number of anilines is 1. The number of thiocarbonyl (C=S) groups is 1. The van der Waals surface area contributed by atoms with Crippen LogP contribution in [0.15, 0.2) is 22.7 Å². The summed E-state index contributed by atoms with van der Waals surface area (Å²) in [4.78, 5) is 12.3. The molecule has 0 radical (unpaired) electrons. The van der Waals surface area contributed by atoms with E-state index in [1.54, 1.807) is 18.2 Å². The van der Waals surface area contributed by atoms with E-state index >= 15 is 0 Å². The molecule has 0 aliphatic carbocycles. The molecule has 0 aliphatic rings. The fourth-order valence-electron chi connectivity index (χ4n) is 1.55. The first-order valence-corrected chi connectivity index (χ1v) is 6.96. The number of nitrogens with two attached hydrogens (primary N) is 1. The van der Waals surface area contributed by atoms with Gasteiger partial charge in [0.2, 0.25) is 5.91 Å². The Balaban J connectivity index is 2.86. The molecule has 0 aromatic heterocycles. The van der Waals surface area contributed by atoms with Crippen molar-refractivity contribution in [3.63, 3.8) is 0 Å². The summed E-state index contributed by atoms with van der Waals surface area (Å²) in [6, 6.07) is 5.16. The summed E-state index contributed by atoms with van der Waals surface area (Å²) in [6.45, 7) is 3.81. The summed E-state index contributed by atoms with van der Waals surface area (Å²) >= 11 is 14.1. The number of amides is 1. The zero-order valence-corrected chi connectivity index (χ0v) is 13.2. The van der Waals surface area contributed by atoms with Gasteiger partial charge in [0.15, 0.2) is 0 Å². The molecule has 3 nitrogen and oxygen atoms in total. The van der Waals surface area contributed by atoms with Crippen molar-refractivity contribution < 1.29 is 4.79 Å². The molecule has 0 bridgehead atoms. The number of carbonyl (C=O) groups excluding carboxylic acids is 1. The number of nitrogens with one attached hydrogen (secondary N) is 1. The Bertz CT molecular complexity index is 479. The highest BCUT2D eigenvalue weighted by Gasteiger charge is 2.25. The summed E-state index contributed by atoms with van der Waals surface area (Å²) in [5.41, 5.74) is 6.24. The van der Waals surface area contributed by atoms with Crippen LogP contribution < -0.4 is 11.1 Å². The van der Waals surface area contributed by atoms with Crippen LogP contribution in [-0.4, -0.2) is 10.9 Å². The summed E-state index contributed by atoms with van der Waals surface area (Å²) in [6.07, 6.45) is 0. The Morgan fingerprint density at radius 1 is 1.50 bits per heavy atom. The first-order chi connectivity index (χ1) is 8.32. The van der Waals surface area contributed by atoms with Crippen molar-refractivity contribution in [2.75, 3.05) is 5.32 Å². The van der Waals surface area contributed by atoms with Gasteiger partial charge in [0.1, 0.15) is 0 Å². The van der Waals surface area contributed by atoms with E-state index in [0.717, 1.165) is 4.47 Å². The standard InChI is InChI=1S/C12H14BrClN2OS/c1-6(2)10(11(15)18)12(17)16-7-3-4-9(14)8(13)5-7/h3-6,10H,1-2H3,(H2,15,18)(H,16,17). The zero-order valence-electron chi connectivity index (χ0n) is 10.0. The minimum atomic E-state index is -0.477. The molecular formula is C12H14BrClN2OS. The summed E-state index contributed by atoms with van der Waals surface area (Å²) in [5.74, 6) is -0.626. The molecule has 0 saturated carbocycles. The second-order valence-electron chi connectivity index (χ2n) is 4.24. The molecule has 1 amide bonds. The number of benzene rings is 1. The summed E-state index contributed by atoms with van der Waals surface area (Å²) in [7, 11) is 0. The van der Waals surface area contributed by atoms with Crippen LogP contribution in [0.1, 0.15) is 13.8 Å². The summed E-state index contributed by atoms with van der Waals surface area (Å²) < 4.78 is 0.721. The van der Waals surface area contributed by atoms with Gasteiger partial charge in [-0.15, -0.1) is 0 Å². The second kappa shape index (κ2) is 6.50. The van der Waals surface area contributed by atoms with Crippen molar-refractivity contribution in [1.82, 2.24) is 0 Å². The van der Waals surface area contributed by atoms with Crippen molar-refractivity contribution in [2.45, 2.75) is 13.8 Å². The average molecular weight is 350 g/mol. The molecule has 1 aromatic carbocycles. The van der Waals surface area contributed by atoms with Crippen LogP contribution in [0.3, 0.4) is 0 Å². The lowest BCUT2D eigenvalue weighted by Gasteiger charge is -2.19. The Morgan fingerprint density at radius 2 is 2.11 bits per heavy atom. The number of halogens is 2. The smallest absolute Gasteiger partial charge is 0.234 e. The van der Waals surface area contributed by atoms with Gasteiger partial charge in [0.05, 0.1) is 15.9 Å². The maximum atomic E-state index is 12.1. The molecule has 1 aromatic rings. The van der Waals surface area contributed by atoms with E-state index in [1.165, 1.54) is 0 Å². The van der Waals surface area contributed by atoms with Crippen molar-refractivity contribution in [2.24, 2.45) is 17.6 Å². The quantitative estimate of drug-likeness (QED) is 0.817. The Hall–Kier alpha value is -0.650. The molecule has 3 N–H and O–H groups in total. The maximum absolute atomic E-state index is 12.1. The number of hydrogen-bond donors (Lipinski definition) is 2. The molecular weight excluding hydrogens is 336 g/mol. The topological polar surface area (TPSA) is 55.1 Å². The van der Waals surface area contributed by atoms with Crippen LogP contribution in [0.4, 0.5) is 5.69 Å². The zero-order chi connectivity index (χ0) is 13.9. The number of carbonyl (C=O) groups is 1. The predicted octanol–water partition coefficient (Wildman–Crippen LogP) is 3.60. The van der Waals surface area contributed by atoms with Gasteiger partial charge in [-0.05, 0) is 40.0 Å². The SMILES string of the molecule is CC(C)C(C(=O)Nc1ccc(Cl)c(Br)c1)C(N)=S. The lowest BCUT2D eigenvalue weighted by atomic mass is 9.95. The molecule has 18 heavy (non-hydrogen) atoms. The minimum absolute atomic E-state index is 0.0539. The third kappa shape index (κ3) is 3.93. The molecule has 0 saturated heterocycles. The van der Waals surface area contributed by atoms with Crippen molar-refractivity contribution in [1.29, 1.82) is 0 Å². The van der Waals surface area contributed by atoms with Crippen molar-refractivity contribution in [3.05, 3.63) is 27.7 Å². The van der Waals surface area contributed by atoms with Gasteiger partial charge in [0, 0.05) is 10.2 Å². The fraction of sp³-hybridized carbons (Fsp3) is 0.333. The molecule has 1 atom stereocenters. The first kappa shape index (κ1) is 15.4. The van der Waals surface area contributed by atoms with Crippen molar-refractivity contribution >= 4 is 56.3 Å². The normalized spacial score (nSPS) is 12.3. The van der Waals surface area contributed by atoms with E-state index in [-0.39, 0.29) is 16.8 Å². The lowest BCUT2D eigenvalue weighted by molar-refractivity contribution is -0.118. The van der Waals surface area contributed by atoms with E-state index in [9.17, 15) is 4.79 Å². The minimum Gasteiger partial charge on any atom is -0.393 e. The Kier molecular flexibility index (Phi) is 5.56. The predicted molar refractivity (Wildman–Crippen MR) is 82.9 cm³/mol. The van der Waals surface area contributed by atoms with Crippen LogP contribution in [0, 0.1) is 11.8 Å². The van der Waals surface area contributed by atoms with E-state index in [0.29, 0.717) is 10.7 Å². The Morgan fingerprint density at radius 3 is 2.56 bits per heavy atom. The van der Waals surface area contributed by atoms with Crippen molar-refractivity contribution in [3.8, 4) is 0 Å². The molecule has 0 fully saturated rings. The second-order valence-corrected chi connectivity index (χ2v) is 5.98. The maximum Gasteiger partial charge on any atom is 0.234 e. The van der Waals surface area contributed by atoms with E-state index < -0.39 is 5.92 Å². The summed E-state index contributed by atoms with van der Waals surface area (Å²) in [5, 5.41) is 3.36. The van der Waals surface area contributed by atoms with Gasteiger partial charge in [-0.25, -0.2) is 0 Å². The fourth-order valence-corrected chi connectivity index (χ4v) is 2.43. The van der Waals surface area contributed by atoms with Crippen LogP contribution in [0.5, 0.6) is 0 Å². The molecule has 1 rings (SSSR count). The molecule has 6 heteroatoms. The van der Waals surface area contributed by atoms with E-state index in [4.69, 9.17) is 29.6 Å². The van der Waals surface area contributed by atoms with Crippen LogP contribution >= 0.6 is 39.7 Å².